The lowest BCUT2D eigenvalue weighted by atomic mass is 10.1. The van der Waals surface area contributed by atoms with Crippen LogP contribution in [-0.4, -0.2) is 29.6 Å². The van der Waals surface area contributed by atoms with E-state index in [2.05, 4.69) is 41.2 Å². The van der Waals surface area contributed by atoms with E-state index in [1.54, 1.807) is 6.20 Å². The van der Waals surface area contributed by atoms with Gasteiger partial charge in [-0.3, -0.25) is 4.90 Å². The first-order chi connectivity index (χ1) is 11.8. The molecule has 0 saturated heterocycles. The maximum absolute atomic E-state index is 5.97. The minimum absolute atomic E-state index is 0.0889. The number of hydrogen-bond donors (Lipinski definition) is 0. The zero-order chi connectivity index (χ0) is 16.4. The molecule has 0 radical (unpaired) electrons. The molecule has 0 bridgehead atoms. The molecule has 1 aliphatic heterocycles. The fraction of sp³-hybridized carbons (Fsp3) is 0.450. The number of aromatic nitrogens is 1. The van der Waals surface area contributed by atoms with Crippen molar-refractivity contribution >= 4 is 0 Å². The standard InChI is InChI=1S/C20H24N2O2/c1-22(17-5-2-3-6-17)13-15-8-10-16(11-9-15)19-14-23-18-7-4-12-21-20(18)24-19/h4,7-12,17,19H,2-3,5-6,13-14H2,1H3. The van der Waals surface area contributed by atoms with Crippen LogP contribution in [0.1, 0.15) is 42.9 Å². The molecule has 2 heterocycles. The van der Waals surface area contributed by atoms with Crippen molar-refractivity contribution in [1.82, 2.24) is 9.88 Å². The molecule has 1 aliphatic carbocycles. The van der Waals surface area contributed by atoms with E-state index in [9.17, 15) is 0 Å². The molecule has 126 valence electrons. The normalized spacial score (nSPS) is 20.5. The third-order valence-electron chi connectivity index (χ3n) is 5.11. The van der Waals surface area contributed by atoms with Crippen LogP contribution in [0.5, 0.6) is 11.6 Å². The number of pyridine rings is 1. The molecule has 0 amide bonds. The lowest BCUT2D eigenvalue weighted by Crippen LogP contribution is -2.28. The summed E-state index contributed by atoms with van der Waals surface area (Å²) in [5.74, 6) is 1.31. The number of rotatable bonds is 4. The summed E-state index contributed by atoms with van der Waals surface area (Å²) in [6.07, 6.45) is 7.08. The summed E-state index contributed by atoms with van der Waals surface area (Å²) in [5.41, 5.74) is 2.49. The van der Waals surface area contributed by atoms with Gasteiger partial charge in [0.25, 0.3) is 5.88 Å². The smallest absolute Gasteiger partial charge is 0.257 e. The van der Waals surface area contributed by atoms with Crippen molar-refractivity contribution < 1.29 is 9.47 Å². The molecule has 1 saturated carbocycles. The maximum Gasteiger partial charge on any atom is 0.257 e. The Bertz CT molecular complexity index is 680. The van der Waals surface area contributed by atoms with Gasteiger partial charge in [-0.25, -0.2) is 4.98 Å². The van der Waals surface area contributed by atoms with Crippen molar-refractivity contribution in [3.63, 3.8) is 0 Å². The van der Waals surface area contributed by atoms with E-state index in [4.69, 9.17) is 9.47 Å². The molecular formula is C20H24N2O2. The summed E-state index contributed by atoms with van der Waals surface area (Å²) in [4.78, 5) is 6.73. The van der Waals surface area contributed by atoms with Gasteiger partial charge in [0.1, 0.15) is 6.61 Å². The van der Waals surface area contributed by atoms with Crippen molar-refractivity contribution in [3.8, 4) is 11.6 Å². The van der Waals surface area contributed by atoms with Gasteiger partial charge in [-0.1, -0.05) is 37.1 Å². The second kappa shape index (κ2) is 6.81. The van der Waals surface area contributed by atoms with Crippen LogP contribution in [0.3, 0.4) is 0 Å². The van der Waals surface area contributed by atoms with E-state index in [1.807, 2.05) is 12.1 Å². The molecule has 1 aromatic heterocycles. The lowest BCUT2D eigenvalue weighted by molar-refractivity contribution is 0.0851. The Labute approximate surface area is 143 Å². The Kier molecular flexibility index (Phi) is 4.39. The van der Waals surface area contributed by atoms with Crippen LogP contribution < -0.4 is 9.47 Å². The Morgan fingerprint density at radius 3 is 2.71 bits per heavy atom. The van der Waals surface area contributed by atoms with Crippen molar-refractivity contribution in [2.24, 2.45) is 0 Å². The molecule has 24 heavy (non-hydrogen) atoms. The molecule has 4 rings (SSSR count). The average Bonchev–Trinajstić information content (AvgIpc) is 3.17. The fourth-order valence-electron chi connectivity index (χ4n) is 3.67. The molecule has 4 heteroatoms. The van der Waals surface area contributed by atoms with Crippen molar-refractivity contribution in [2.45, 2.75) is 44.4 Å². The van der Waals surface area contributed by atoms with E-state index in [-0.39, 0.29) is 6.10 Å². The molecule has 1 fully saturated rings. The molecule has 2 aromatic rings. The van der Waals surface area contributed by atoms with Gasteiger partial charge in [-0.2, -0.15) is 0 Å². The van der Waals surface area contributed by atoms with Gasteiger partial charge in [-0.15, -0.1) is 0 Å². The quantitative estimate of drug-likeness (QED) is 0.852. The second-order valence-corrected chi connectivity index (χ2v) is 6.82. The Morgan fingerprint density at radius 1 is 1.12 bits per heavy atom. The first kappa shape index (κ1) is 15.5. The van der Waals surface area contributed by atoms with Crippen LogP contribution in [-0.2, 0) is 6.54 Å². The molecule has 0 N–H and O–H groups in total. The monoisotopic (exact) mass is 324 g/mol. The summed E-state index contributed by atoms with van der Waals surface area (Å²) in [7, 11) is 2.24. The maximum atomic E-state index is 5.97. The van der Waals surface area contributed by atoms with E-state index in [0.717, 1.165) is 23.9 Å². The summed E-state index contributed by atoms with van der Waals surface area (Å²) in [5, 5.41) is 0. The first-order valence-electron chi connectivity index (χ1n) is 8.83. The largest absolute Gasteiger partial charge is 0.484 e. The van der Waals surface area contributed by atoms with E-state index >= 15 is 0 Å². The summed E-state index contributed by atoms with van der Waals surface area (Å²) in [6.45, 7) is 1.54. The van der Waals surface area contributed by atoms with E-state index in [0.29, 0.717) is 12.5 Å². The fourth-order valence-corrected chi connectivity index (χ4v) is 3.67. The zero-order valence-corrected chi connectivity index (χ0v) is 14.1. The van der Waals surface area contributed by atoms with E-state index < -0.39 is 0 Å². The average molecular weight is 324 g/mol. The number of hydrogen-bond acceptors (Lipinski definition) is 4. The van der Waals surface area contributed by atoms with Crippen LogP contribution in [0, 0.1) is 0 Å². The van der Waals surface area contributed by atoms with Crippen molar-refractivity contribution in [1.29, 1.82) is 0 Å². The third kappa shape index (κ3) is 3.24. The predicted molar refractivity (Wildman–Crippen MR) is 93.3 cm³/mol. The Hall–Kier alpha value is -2.07. The summed E-state index contributed by atoms with van der Waals surface area (Å²) < 4.78 is 11.7. The van der Waals surface area contributed by atoms with E-state index in [1.165, 1.54) is 31.2 Å². The van der Waals surface area contributed by atoms with Crippen LogP contribution in [0.15, 0.2) is 42.6 Å². The molecule has 2 aliphatic rings. The van der Waals surface area contributed by atoms with Gasteiger partial charge in [0, 0.05) is 18.8 Å². The van der Waals surface area contributed by atoms with Gasteiger partial charge in [0.2, 0.25) is 0 Å². The molecule has 0 spiro atoms. The van der Waals surface area contributed by atoms with Crippen molar-refractivity contribution in [2.75, 3.05) is 13.7 Å². The summed E-state index contributed by atoms with van der Waals surface area (Å²) in [6, 6.07) is 13.2. The Morgan fingerprint density at radius 2 is 1.92 bits per heavy atom. The highest BCUT2D eigenvalue weighted by atomic mass is 16.6. The zero-order valence-electron chi connectivity index (χ0n) is 14.1. The molecule has 1 atom stereocenters. The molecular weight excluding hydrogens is 300 g/mol. The highest BCUT2D eigenvalue weighted by Crippen LogP contribution is 2.34. The van der Waals surface area contributed by atoms with Crippen LogP contribution in [0.4, 0.5) is 0 Å². The predicted octanol–water partition coefficient (Wildman–Crippen LogP) is 3.97. The lowest BCUT2D eigenvalue weighted by Gasteiger charge is -2.26. The van der Waals surface area contributed by atoms with Crippen molar-refractivity contribution in [3.05, 3.63) is 53.7 Å². The highest BCUT2D eigenvalue weighted by molar-refractivity contribution is 5.35. The topological polar surface area (TPSA) is 34.6 Å². The number of benzene rings is 1. The SMILES string of the molecule is CN(Cc1ccc(C2COc3cccnc3O2)cc1)C1CCCC1. The Balaban J connectivity index is 1.41. The number of nitrogens with zero attached hydrogens (tertiary/aromatic N) is 2. The van der Waals surface area contributed by atoms with Gasteiger partial charge in [0.05, 0.1) is 0 Å². The third-order valence-corrected chi connectivity index (χ3v) is 5.11. The highest BCUT2D eigenvalue weighted by Gasteiger charge is 2.23. The molecule has 4 nitrogen and oxygen atoms in total. The number of fused-ring (bicyclic) bond motifs is 1. The van der Waals surface area contributed by atoms with Gasteiger partial charge < -0.3 is 9.47 Å². The minimum atomic E-state index is -0.0889. The summed E-state index contributed by atoms with van der Waals surface area (Å²) >= 11 is 0. The minimum Gasteiger partial charge on any atom is -0.484 e. The first-order valence-corrected chi connectivity index (χ1v) is 8.83. The number of ether oxygens (including phenoxy) is 2. The van der Waals surface area contributed by atoms with Crippen LogP contribution in [0.2, 0.25) is 0 Å². The van der Waals surface area contributed by atoms with Gasteiger partial charge >= 0.3 is 0 Å². The van der Waals surface area contributed by atoms with Gasteiger partial charge in [-0.05, 0) is 43.1 Å². The van der Waals surface area contributed by atoms with Gasteiger partial charge in [0.15, 0.2) is 11.9 Å². The molecule has 1 unspecified atom stereocenters. The van der Waals surface area contributed by atoms with Crippen LogP contribution in [0.25, 0.3) is 0 Å². The van der Waals surface area contributed by atoms with Crippen LogP contribution >= 0.6 is 0 Å². The molecule has 1 aromatic carbocycles. The second-order valence-electron chi connectivity index (χ2n) is 6.82.